The number of aromatic nitrogens is 2. The van der Waals surface area contributed by atoms with E-state index < -0.39 is 17.8 Å². The first-order chi connectivity index (χ1) is 15.8. The fraction of sp³-hybridized carbons (Fsp3) is 0.391. The topological polar surface area (TPSA) is 87.0 Å². The number of thiazole rings is 1. The highest BCUT2D eigenvalue weighted by Crippen LogP contribution is 2.14. The van der Waals surface area contributed by atoms with E-state index in [-0.39, 0.29) is 17.4 Å². The molecule has 1 aromatic carbocycles. The Morgan fingerprint density at radius 1 is 1.15 bits per heavy atom. The van der Waals surface area contributed by atoms with Crippen molar-refractivity contribution in [1.82, 2.24) is 24.5 Å². The van der Waals surface area contributed by atoms with Gasteiger partial charge in [-0.25, -0.2) is 9.37 Å². The third kappa shape index (κ3) is 5.28. The molecule has 1 aliphatic rings. The maximum absolute atomic E-state index is 13.2. The third-order valence-corrected chi connectivity index (χ3v) is 6.51. The molecule has 1 saturated heterocycles. The van der Waals surface area contributed by atoms with E-state index in [0.29, 0.717) is 48.9 Å². The first kappa shape index (κ1) is 23.1. The molecule has 1 atom stereocenters. The minimum absolute atomic E-state index is 0.0956. The minimum atomic E-state index is -0.669. The number of halogens is 1. The van der Waals surface area contributed by atoms with Gasteiger partial charge in [-0.2, -0.15) is 0 Å². The molecule has 10 heteroatoms. The van der Waals surface area contributed by atoms with Crippen LogP contribution in [0.15, 0.2) is 46.7 Å². The number of carbonyl (C=O) groups excluding carboxylic acids is 2. The van der Waals surface area contributed by atoms with E-state index in [2.05, 4.69) is 15.2 Å². The number of rotatable bonds is 6. The van der Waals surface area contributed by atoms with Gasteiger partial charge in [0, 0.05) is 55.9 Å². The maximum Gasteiger partial charge on any atom is 0.258 e. The highest BCUT2D eigenvalue weighted by Gasteiger charge is 2.31. The van der Waals surface area contributed by atoms with Crippen LogP contribution in [0.5, 0.6) is 0 Å². The van der Waals surface area contributed by atoms with Gasteiger partial charge in [0.05, 0.1) is 5.69 Å². The molecule has 3 aromatic rings. The smallest absolute Gasteiger partial charge is 0.258 e. The van der Waals surface area contributed by atoms with Gasteiger partial charge in [0.2, 0.25) is 5.91 Å². The molecule has 0 aliphatic carbocycles. The van der Waals surface area contributed by atoms with Crippen LogP contribution in [0.2, 0.25) is 0 Å². The first-order valence-corrected chi connectivity index (χ1v) is 11.7. The van der Waals surface area contributed by atoms with Crippen molar-refractivity contribution in [1.29, 1.82) is 0 Å². The number of hydrogen-bond acceptors (Lipinski definition) is 6. The van der Waals surface area contributed by atoms with Gasteiger partial charge in [0.15, 0.2) is 4.96 Å². The van der Waals surface area contributed by atoms with Gasteiger partial charge < -0.3 is 10.2 Å². The molecule has 0 spiro atoms. The van der Waals surface area contributed by atoms with E-state index in [0.717, 1.165) is 0 Å². The Morgan fingerprint density at radius 3 is 2.52 bits per heavy atom. The van der Waals surface area contributed by atoms with Crippen LogP contribution in [-0.2, 0) is 11.3 Å². The van der Waals surface area contributed by atoms with Crippen LogP contribution in [-0.4, -0.2) is 63.2 Å². The van der Waals surface area contributed by atoms with Crippen molar-refractivity contribution in [2.24, 2.45) is 5.92 Å². The first-order valence-electron chi connectivity index (χ1n) is 10.8. The summed E-state index contributed by atoms with van der Waals surface area (Å²) >= 11 is 1.42. The lowest BCUT2D eigenvalue weighted by Gasteiger charge is -2.37. The van der Waals surface area contributed by atoms with Crippen molar-refractivity contribution in [2.75, 3.05) is 26.2 Å². The summed E-state index contributed by atoms with van der Waals surface area (Å²) in [5.41, 5.74) is 0.932. The molecule has 174 valence electrons. The minimum Gasteiger partial charge on any atom is -0.340 e. The Labute approximate surface area is 194 Å². The average Bonchev–Trinajstić information content (AvgIpc) is 3.27. The summed E-state index contributed by atoms with van der Waals surface area (Å²) in [5.74, 6) is -1.05. The molecular weight excluding hydrogens is 445 g/mol. The third-order valence-electron chi connectivity index (χ3n) is 5.75. The Kier molecular flexibility index (Phi) is 6.85. The molecular formula is C23H26FN5O3S. The predicted octanol–water partition coefficient (Wildman–Crippen LogP) is 1.99. The van der Waals surface area contributed by atoms with Crippen LogP contribution in [0.25, 0.3) is 4.96 Å². The molecule has 1 fully saturated rings. The molecule has 1 N–H and O–H groups in total. The number of benzene rings is 1. The van der Waals surface area contributed by atoms with Crippen molar-refractivity contribution in [3.8, 4) is 0 Å². The molecule has 3 heterocycles. The van der Waals surface area contributed by atoms with Crippen molar-refractivity contribution in [3.63, 3.8) is 0 Å². The maximum atomic E-state index is 13.2. The number of nitrogens with one attached hydrogen (secondary N) is 1. The molecule has 2 amide bonds. The van der Waals surface area contributed by atoms with Crippen molar-refractivity contribution >= 4 is 28.1 Å². The second kappa shape index (κ2) is 9.80. The SMILES string of the molecule is CC(C)[C@H](NC(=O)c1ccc(F)cc1)C(=O)N1CCN(Cc2cc(=O)n3ccsc3n2)CC1. The standard InChI is InChI=1S/C23H26FN5O3S/c1-15(2)20(26-21(31)16-3-5-17(24)6-4-16)22(32)28-9-7-27(8-10-28)14-18-13-19(30)29-11-12-33-23(29)25-18/h3-6,11-13,15,20H,7-10,14H2,1-2H3,(H,26,31)/t20-/m0/s1. The fourth-order valence-corrected chi connectivity index (χ4v) is 4.60. The number of fused-ring (bicyclic) bond motifs is 1. The van der Waals surface area contributed by atoms with Gasteiger partial charge in [-0.05, 0) is 30.2 Å². The van der Waals surface area contributed by atoms with Gasteiger partial charge in [-0.1, -0.05) is 13.8 Å². The van der Waals surface area contributed by atoms with Crippen LogP contribution in [0.3, 0.4) is 0 Å². The molecule has 2 aromatic heterocycles. The Balaban J connectivity index is 1.35. The molecule has 8 nitrogen and oxygen atoms in total. The predicted molar refractivity (Wildman–Crippen MR) is 124 cm³/mol. The zero-order chi connectivity index (χ0) is 23.5. The van der Waals surface area contributed by atoms with Crippen LogP contribution in [0.1, 0.15) is 29.9 Å². The second-order valence-corrected chi connectivity index (χ2v) is 9.32. The molecule has 4 rings (SSSR count). The Bertz CT molecular complexity index is 1200. The summed E-state index contributed by atoms with van der Waals surface area (Å²) in [6.45, 7) is 6.65. The number of hydrogen-bond donors (Lipinski definition) is 1. The van der Waals surface area contributed by atoms with E-state index in [1.54, 1.807) is 17.2 Å². The van der Waals surface area contributed by atoms with Gasteiger partial charge in [0.25, 0.3) is 11.5 Å². The van der Waals surface area contributed by atoms with Crippen LogP contribution >= 0.6 is 11.3 Å². The highest BCUT2D eigenvalue weighted by molar-refractivity contribution is 7.15. The summed E-state index contributed by atoms with van der Waals surface area (Å²) in [6, 6.07) is 6.13. The molecule has 33 heavy (non-hydrogen) atoms. The Morgan fingerprint density at radius 2 is 1.85 bits per heavy atom. The quantitative estimate of drug-likeness (QED) is 0.594. The van der Waals surface area contributed by atoms with Gasteiger partial charge >= 0.3 is 0 Å². The summed E-state index contributed by atoms with van der Waals surface area (Å²) in [6.07, 6.45) is 1.71. The fourth-order valence-electron chi connectivity index (χ4n) is 3.86. The van der Waals surface area contributed by atoms with Crippen LogP contribution in [0, 0.1) is 11.7 Å². The van der Waals surface area contributed by atoms with Gasteiger partial charge in [-0.3, -0.25) is 23.7 Å². The molecule has 0 unspecified atom stereocenters. The lowest BCUT2D eigenvalue weighted by molar-refractivity contribution is -0.136. The summed E-state index contributed by atoms with van der Waals surface area (Å²) in [4.78, 5) is 47.1. The highest BCUT2D eigenvalue weighted by atomic mass is 32.1. The van der Waals surface area contributed by atoms with Crippen LogP contribution < -0.4 is 10.9 Å². The zero-order valence-electron chi connectivity index (χ0n) is 18.5. The normalized spacial score (nSPS) is 15.7. The number of carbonyl (C=O) groups is 2. The summed E-state index contributed by atoms with van der Waals surface area (Å²) in [7, 11) is 0. The average molecular weight is 472 g/mol. The summed E-state index contributed by atoms with van der Waals surface area (Å²) < 4.78 is 14.7. The zero-order valence-corrected chi connectivity index (χ0v) is 19.3. The van der Waals surface area contributed by atoms with E-state index >= 15 is 0 Å². The largest absolute Gasteiger partial charge is 0.340 e. The van der Waals surface area contributed by atoms with E-state index in [1.165, 1.54) is 40.0 Å². The number of piperazine rings is 1. The molecule has 0 radical (unpaired) electrons. The van der Waals surface area contributed by atoms with Crippen molar-refractivity contribution in [3.05, 3.63) is 69.3 Å². The van der Waals surface area contributed by atoms with Gasteiger partial charge in [-0.15, -0.1) is 11.3 Å². The molecule has 1 aliphatic heterocycles. The van der Waals surface area contributed by atoms with Gasteiger partial charge in [0.1, 0.15) is 11.9 Å². The van der Waals surface area contributed by atoms with Crippen molar-refractivity contribution < 1.29 is 14.0 Å². The lowest BCUT2D eigenvalue weighted by atomic mass is 10.0. The second-order valence-electron chi connectivity index (χ2n) is 8.44. The van der Waals surface area contributed by atoms with E-state index in [4.69, 9.17) is 0 Å². The number of amides is 2. The van der Waals surface area contributed by atoms with E-state index in [9.17, 15) is 18.8 Å². The van der Waals surface area contributed by atoms with Crippen molar-refractivity contribution in [2.45, 2.75) is 26.4 Å². The molecule has 0 saturated carbocycles. The molecule has 0 bridgehead atoms. The summed E-state index contributed by atoms with van der Waals surface area (Å²) in [5, 5.41) is 4.64. The lowest BCUT2D eigenvalue weighted by Crippen LogP contribution is -2.56. The Hall–Kier alpha value is -3.11. The monoisotopic (exact) mass is 471 g/mol. The number of nitrogens with zero attached hydrogens (tertiary/aromatic N) is 4. The van der Waals surface area contributed by atoms with E-state index in [1.807, 2.05) is 19.2 Å². The van der Waals surface area contributed by atoms with Crippen LogP contribution in [0.4, 0.5) is 4.39 Å².